The van der Waals surface area contributed by atoms with Gasteiger partial charge in [0.25, 0.3) is 5.91 Å². The summed E-state index contributed by atoms with van der Waals surface area (Å²) in [4.78, 5) is 33.6. The van der Waals surface area contributed by atoms with Crippen LogP contribution in [-0.4, -0.2) is 48.3 Å². The van der Waals surface area contributed by atoms with E-state index in [0.717, 1.165) is 0 Å². The minimum absolute atomic E-state index is 0.401. The number of carboxylic acids is 1. The molecule has 132 valence electrons. The fourth-order valence-corrected chi connectivity index (χ4v) is 1.57. The van der Waals surface area contributed by atoms with E-state index in [1.807, 2.05) is 0 Å². The Kier molecular flexibility index (Phi) is 7.02. The second-order valence-electron chi connectivity index (χ2n) is 4.66. The van der Waals surface area contributed by atoms with E-state index in [0.29, 0.717) is 5.75 Å². The van der Waals surface area contributed by atoms with Crippen LogP contribution in [0.2, 0.25) is 0 Å². The van der Waals surface area contributed by atoms with E-state index in [9.17, 15) is 27.6 Å². The number of benzene rings is 1. The fraction of sp³-hybridized carbons (Fsp3) is 0.357. The van der Waals surface area contributed by atoms with E-state index >= 15 is 0 Å². The minimum atomic E-state index is -4.75. The third kappa shape index (κ3) is 8.01. The summed E-state index contributed by atoms with van der Waals surface area (Å²) in [6, 6.07) is 6.22. The standard InChI is InChI=1S/C14H15F3N2O5/c15-14(16,17)6-10(13(22)23)19-11(20)7-18-12(21)8-24-9-4-2-1-3-5-9/h1-5,10H,6-8H2,(H,18,21)(H,19,20)(H,22,23). The largest absolute Gasteiger partial charge is 0.484 e. The summed E-state index contributed by atoms with van der Waals surface area (Å²) in [5, 5.41) is 12.4. The lowest BCUT2D eigenvalue weighted by Crippen LogP contribution is -2.47. The van der Waals surface area contributed by atoms with Gasteiger partial charge in [-0.05, 0) is 12.1 Å². The highest BCUT2D eigenvalue weighted by Crippen LogP contribution is 2.21. The van der Waals surface area contributed by atoms with Crippen molar-refractivity contribution in [2.75, 3.05) is 13.2 Å². The molecule has 1 unspecified atom stereocenters. The molecule has 0 fully saturated rings. The third-order valence-electron chi connectivity index (χ3n) is 2.63. The number of halogens is 3. The van der Waals surface area contributed by atoms with Crippen LogP contribution in [0.3, 0.4) is 0 Å². The lowest BCUT2D eigenvalue weighted by atomic mass is 10.2. The number of nitrogens with one attached hydrogen (secondary N) is 2. The average Bonchev–Trinajstić information content (AvgIpc) is 2.50. The van der Waals surface area contributed by atoms with Gasteiger partial charge in [0, 0.05) is 0 Å². The number of rotatable bonds is 8. The van der Waals surface area contributed by atoms with Crippen molar-refractivity contribution in [2.45, 2.75) is 18.6 Å². The Hall–Kier alpha value is -2.78. The Bertz CT molecular complexity index is 578. The molecule has 0 saturated carbocycles. The molecule has 3 N–H and O–H groups in total. The molecule has 0 saturated heterocycles. The second kappa shape index (κ2) is 8.75. The average molecular weight is 348 g/mol. The van der Waals surface area contributed by atoms with Crippen LogP contribution in [0.1, 0.15) is 6.42 Å². The lowest BCUT2D eigenvalue weighted by Gasteiger charge is -2.16. The summed E-state index contributed by atoms with van der Waals surface area (Å²) >= 11 is 0. The maximum Gasteiger partial charge on any atom is 0.391 e. The van der Waals surface area contributed by atoms with Crippen molar-refractivity contribution in [3.8, 4) is 5.75 Å². The molecule has 1 rings (SSSR count). The number of ether oxygens (including phenoxy) is 1. The highest BCUT2D eigenvalue weighted by molar-refractivity contribution is 5.88. The molecule has 24 heavy (non-hydrogen) atoms. The molecule has 2 amide bonds. The minimum Gasteiger partial charge on any atom is -0.484 e. The van der Waals surface area contributed by atoms with Crippen molar-refractivity contribution in [3.05, 3.63) is 30.3 Å². The molecule has 1 aromatic carbocycles. The van der Waals surface area contributed by atoms with Crippen LogP contribution in [-0.2, 0) is 14.4 Å². The number of hydrogen-bond acceptors (Lipinski definition) is 4. The predicted octanol–water partition coefficient (Wildman–Crippen LogP) is 0.703. The van der Waals surface area contributed by atoms with Gasteiger partial charge in [-0.25, -0.2) is 4.79 Å². The summed E-state index contributed by atoms with van der Waals surface area (Å²) in [6.45, 7) is -1.07. The van der Waals surface area contributed by atoms with Gasteiger partial charge in [0.05, 0.1) is 13.0 Å². The zero-order valence-corrected chi connectivity index (χ0v) is 12.3. The molecular weight excluding hydrogens is 333 g/mol. The number of carbonyl (C=O) groups is 3. The van der Waals surface area contributed by atoms with Crippen molar-refractivity contribution in [3.63, 3.8) is 0 Å². The van der Waals surface area contributed by atoms with E-state index in [4.69, 9.17) is 9.84 Å². The fourth-order valence-electron chi connectivity index (χ4n) is 1.57. The molecule has 0 heterocycles. The Labute approximate surface area is 134 Å². The zero-order chi connectivity index (χ0) is 18.2. The molecule has 0 aromatic heterocycles. The van der Waals surface area contributed by atoms with Gasteiger partial charge >= 0.3 is 12.1 Å². The zero-order valence-electron chi connectivity index (χ0n) is 12.3. The normalized spacial score (nSPS) is 12.1. The smallest absolute Gasteiger partial charge is 0.391 e. The van der Waals surface area contributed by atoms with Gasteiger partial charge in [0.15, 0.2) is 6.61 Å². The highest BCUT2D eigenvalue weighted by Gasteiger charge is 2.36. The van der Waals surface area contributed by atoms with Crippen LogP contribution < -0.4 is 15.4 Å². The van der Waals surface area contributed by atoms with Crippen molar-refractivity contribution in [1.82, 2.24) is 10.6 Å². The van der Waals surface area contributed by atoms with E-state index in [1.54, 1.807) is 35.6 Å². The molecule has 0 spiro atoms. The molecule has 1 aromatic rings. The van der Waals surface area contributed by atoms with E-state index in [1.165, 1.54) is 0 Å². The molecule has 0 aliphatic rings. The Morgan fingerprint density at radius 2 is 1.75 bits per heavy atom. The van der Waals surface area contributed by atoms with Gasteiger partial charge < -0.3 is 20.5 Å². The van der Waals surface area contributed by atoms with E-state index < -0.39 is 49.6 Å². The maximum atomic E-state index is 12.2. The maximum absolute atomic E-state index is 12.2. The van der Waals surface area contributed by atoms with Crippen LogP contribution in [0.15, 0.2) is 30.3 Å². The van der Waals surface area contributed by atoms with Crippen molar-refractivity contribution < 1.29 is 37.4 Å². The molecule has 0 aliphatic carbocycles. The topological polar surface area (TPSA) is 105 Å². The van der Waals surface area contributed by atoms with Gasteiger partial charge in [0.2, 0.25) is 5.91 Å². The monoisotopic (exact) mass is 348 g/mol. The summed E-state index contributed by atoms with van der Waals surface area (Å²) < 4.78 is 41.7. The molecule has 7 nitrogen and oxygen atoms in total. The number of aliphatic carboxylic acids is 1. The quantitative estimate of drug-likeness (QED) is 0.642. The Balaban J connectivity index is 2.36. The number of carbonyl (C=O) groups excluding carboxylic acids is 2. The summed E-state index contributed by atoms with van der Waals surface area (Å²) in [5.74, 6) is -3.14. The van der Waals surface area contributed by atoms with Gasteiger partial charge in [-0.2, -0.15) is 13.2 Å². The first-order chi connectivity index (χ1) is 11.2. The van der Waals surface area contributed by atoms with Gasteiger partial charge in [-0.3, -0.25) is 9.59 Å². The number of hydrogen-bond donors (Lipinski definition) is 3. The molecule has 0 bridgehead atoms. The highest BCUT2D eigenvalue weighted by atomic mass is 19.4. The Morgan fingerprint density at radius 3 is 2.29 bits per heavy atom. The summed E-state index contributed by atoms with van der Waals surface area (Å²) in [6.07, 6.45) is -6.46. The van der Waals surface area contributed by atoms with Crippen LogP contribution in [0, 0.1) is 0 Å². The lowest BCUT2D eigenvalue weighted by molar-refractivity contribution is -0.159. The molecule has 0 aliphatic heterocycles. The molecule has 0 radical (unpaired) electrons. The predicted molar refractivity (Wildman–Crippen MR) is 75.2 cm³/mol. The van der Waals surface area contributed by atoms with Crippen molar-refractivity contribution in [1.29, 1.82) is 0 Å². The van der Waals surface area contributed by atoms with Gasteiger partial charge in [0.1, 0.15) is 11.8 Å². The molecule has 1 atom stereocenters. The van der Waals surface area contributed by atoms with Crippen LogP contribution in [0.25, 0.3) is 0 Å². The first kappa shape index (κ1) is 19.3. The number of alkyl halides is 3. The van der Waals surface area contributed by atoms with Gasteiger partial charge in [-0.1, -0.05) is 18.2 Å². The molecule has 10 heteroatoms. The van der Waals surface area contributed by atoms with E-state index in [2.05, 4.69) is 5.32 Å². The van der Waals surface area contributed by atoms with Crippen LogP contribution in [0.4, 0.5) is 13.2 Å². The first-order valence-corrected chi connectivity index (χ1v) is 6.71. The third-order valence-corrected chi connectivity index (χ3v) is 2.63. The van der Waals surface area contributed by atoms with Crippen molar-refractivity contribution in [2.24, 2.45) is 0 Å². The van der Waals surface area contributed by atoms with Crippen LogP contribution in [0.5, 0.6) is 5.75 Å². The second-order valence-corrected chi connectivity index (χ2v) is 4.66. The summed E-state index contributed by atoms with van der Waals surface area (Å²) in [7, 11) is 0. The SMILES string of the molecule is O=C(COc1ccccc1)NCC(=O)NC(CC(F)(F)F)C(=O)O. The summed E-state index contributed by atoms with van der Waals surface area (Å²) in [5.41, 5.74) is 0. The Morgan fingerprint density at radius 1 is 1.12 bits per heavy atom. The molecular formula is C14H15F3N2O5. The number of para-hydroxylation sites is 1. The number of amides is 2. The van der Waals surface area contributed by atoms with Crippen molar-refractivity contribution >= 4 is 17.8 Å². The number of carboxylic acid groups (broad SMARTS) is 1. The first-order valence-electron chi connectivity index (χ1n) is 6.71. The van der Waals surface area contributed by atoms with Gasteiger partial charge in [-0.15, -0.1) is 0 Å². The van der Waals surface area contributed by atoms with E-state index in [-0.39, 0.29) is 0 Å². The van der Waals surface area contributed by atoms with Crippen LogP contribution >= 0.6 is 0 Å².